The Hall–Kier alpha value is -3.17. The lowest BCUT2D eigenvalue weighted by Gasteiger charge is -2.35. The molecule has 3 rings (SSSR count). The van der Waals surface area contributed by atoms with Crippen LogP contribution in [0.4, 0.5) is 5.69 Å². The van der Waals surface area contributed by atoms with Crippen LogP contribution in [-0.2, 0) is 20.9 Å². The molecule has 2 heterocycles. The van der Waals surface area contributed by atoms with Crippen LogP contribution < -0.4 is 5.76 Å². The summed E-state index contributed by atoms with van der Waals surface area (Å²) in [6.45, 7) is 1.84. The number of esters is 1. The van der Waals surface area contributed by atoms with E-state index in [1.54, 1.807) is 4.90 Å². The van der Waals surface area contributed by atoms with Crippen LogP contribution in [0.5, 0.6) is 0 Å². The Morgan fingerprint density at radius 3 is 2.86 bits per heavy atom. The van der Waals surface area contributed by atoms with Crippen LogP contribution in [0.15, 0.2) is 27.4 Å². The van der Waals surface area contributed by atoms with Crippen LogP contribution in [-0.4, -0.2) is 45.5 Å². The highest BCUT2D eigenvalue weighted by Gasteiger charge is 2.26. The highest BCUT2D eigenvalue weighted by Crippen LogP contribution is 2.21. The van der Waals surface area contributed by atoms with E-state index in [1.807, 2.05) is 6.92 Å². The number of aromatic nitrogens is 1. The van der Waals surface area contributed by atoms with Crippen molar-refractivity contribution < 1.29 is 23.7 Å². The van der Waals surface area contributed by atoms with Crippen molar-refractivity contribution in [2.45, 2.75) is 45.2 Å². The van der Waals surface area contributed by atoms with Gasteiger partial charge in [0.15, 0.2) is 12.2 Å². The van der Waals surface area contributed by atoms with Crippen LogP contribution in [0.2, 0.25) is 0 Å². The molecule has 1 aromatic carbocycles. The Kier molecular flexibility index (Phi) is 5.76. The molecular formula is C18H21N3O7. The number of amides is 1. The van der Waals surface area contributed by atoms with E-state index in [2.05, 4.69) is 0 Å². The van der Waals surface area contributed by atoms with Crippen LogP contribution in [0.25, 0.3) is 11.1 Å². The average molecular weight is 391 g/mol. The number of rotatable bonds is 6. The molecule has 1 unspecified atom stereocenters. The molecule has 0 N–H and O–H groups in total. The van der Waals surface area contributed by atoms with E-state index in [4.69, 9.17) is 9.15 Å². The van der Waals surface area contributed by atoms with E-state index in [9.17, 15) is 24.5 Å². The van der Waals surface area contributed by atoms with Crippen LogP contribution >= 0.6 is 0 Å². The summed E-state index contributed by atoms with van der Waals surface area (Å²) in [7, 11) is 0. The summed E-state index contributed by atoms with van der Waals surface area (Å²) in [6.07, 6.45) is 3.80. The molecule has 1 aliphatic heterocycles. The summed E-state index contributed by atoms with van der Waals surface area (Å²) in [5.74, 6) is -1.85. The third-order valence-corrected chi connectivity index (χ3v) is 4.93. The normalized spacial score (nSPS) is 16.9. The van der Waals surface area contributed by atoms with Gasteiger partial charge < -0.3 is 14.1 Å². The molecule has 0 radical (unpaired) electrons. The first-order chi connectivity index (χ1) is 13.4. The van der Waals surface area contributed by atoms with Gasteiger partial charge in [-0.1, -0.05) is 6.92 Å². The standard InChI is InChI=1S/C18H21N3O7/c1-2-12-5-3-4-8-19(12)16(22)11-27-17(23)10-20-14-7-6-13(21(25)26)9-15(14)28-18(20)24/h6-7,9,12H,2-5,8,10-11H2,1H3. The van der Waals surface area contributed by atoms with Gasteiger partial charge >= 0.3 is 11.7 Å². The second kappa shape index (κ2) is 8.24. The van der Waals surface area contributed by atoms with Gasteiger partial charge in [0, 0.05) is 18.7 Å². The lowest BCUT2D eigenvalue weighted by molar-refractivity contribution is -0.384. The number of hydrogen-bond acceptors (Lipinski definition) is 7. The summed E-state index contributed by atoms with van der Waals surface area (Å²) in [4.78, 5) is 48.4. The topological polar surface area (TPSA) is 125 Å². The lowest BCUT2D eigenvalue weighted by atomic mass is 10.00. The Labute approximate surface area is 159 Å². The molecule has 150 valence electrons. The molecule has 0 spiro atoms. The quantitative estimate of drug-likeness (QED) is 0.418. The van der Waals surface area contributed by atoms with Crippen molar-refractivity contribution >= 4 is 28.7 Å². The lowest BCUT2D eigenvalue weighted by Crippen LogP contribution is -2.45. The summed E-state index contributed by atoms with van der Waals surface area (Å²) >= 11 is 0. The number of likely N-dealkylation sites (tertiary alicyclic amines) is 1. The number of carbonyl (C=O) groups is 2. The number of benzene rings is 1. The predicted octanol–water partition coefficient (Wildman–Crippen LogP) is 1.84. The van der Waals surface area contributed by atoms with Crippen molar-refractivity contribution in [3.8, 4) is 0 Å². The minimum absolute atomic E-state index is 0.00202. The minimum atomic E-state index is -0.833. The molecule has 1 aliphatic rings. The van der Waals surface area contributed by atoms with E-state index in [1.165, 1.54) is 12.1 Å². The molecular weight excluding hydrogens is 370 g/mol. The van der Waals surface area contributed by atoms with Crippen LogP contribution in [0, 0.1) is 10.1 Å². The molecule has 0 bridgehead atoms. The molecule has 0 aliphatic carbocycles. The number of nitro benzene ring substituents is 1. The van der Waals surface area contributed by atoms with E-state index < -0.39 is 23.2 Å². The van der Waals surface area contributed by atoms with Crippen molar-refractivity contribution in [1.29, 1.82) is 0 Å². The first-order valence-electron chi connectivity index (χ1n) is 9.13. The maximum absolute atomic E-state index is 12.4. The molecule has 1 amide bonds. The van der Waals surface area contributed by atoms with Gasteiger partial charge in [0.25, 0.3) is 11.6 Å². The van der Waals surface area contributed by atoms with Crippen molar-refractivity contribution in [2.75, 3.05) is 13.2 Å². The number of hydrogen-bond donors (Lipinski definition) is 0. The zero-order valence-corrected chi connectivity index (χ0v) is 15.5. The number of ether oxygens (including phenoxy) is 1. The van der Waals surface area contributed by atoms with Gasteiger partial charge in [-0.2, -0.15) is 0 Å². The fourth-order valence-electron chi connectivity index (χ4n) is 3.47. The first-order valence-corrected chi connectivity index (χ1v) is 9.13. The number of oxazole rings is 1. The molecule has 10 heteroatoms. The van der Waals surface area contributed by atoms with E-state index in [0.29, 0.717) is 6.54 Å². The third-order valence-electron chi connectivity index (χ3n) is 4.93. The number of carbonyl (C=O) groups excluding carboxylic acids is 2. The summed E-state index contributed by atoms with van der Waals surface area (Å²) in [6, 6.07) is 3.82. The summed E-state index contributed by atoms with van der Waals surface area (Å²) in [5, 5.41) is 10.8. The second-order valence-corrected chi connectivity index (χ2v) is 6.67. The Morgan fingerprint density at radius 2 is 2.14 bits per heavy atom. The molecule has 2 aromatic rings. The highest BCUT2D eigenvalue weighted by atomic mass is 16.6. The van der Waals surface area contributed by atoms with Crippen LogP contribution in [0.3, 0.4) is 0 Å². The molecule has 0 saturated carbocycles. The Morgan fingerprint density at radius 1 is 1.36 bits per heavy atom. The van der Waals surface area contributed by atoms with Crippen molar-refractivity contribution in [3.63, 3.8) is 0 Å². The van der Waals surface area contributed by atoms with Crippen molar-refractivity contribution in [1.82, 2.24) is 9.47 Å². The Balaban J connectivity index is 1.65. The zero-order chi connectivity index (χ0) is 20.3. The van der Waals surface area contributed by atoms with Gasteiger partial charge in [-0.25, -0.2) is 4.79 Å². The molecule has 1 aromatic heterocycles. The number of fused-ring (bicyclic) bond motifs is 1. The summed E-state index contributed by atoms with van der Waals surface area (Å²) < 4.78 is 11.0. The van der Waals surface area contributed by atoms with Gasteiger partial charge in [-0.3, -0.25) is 24.3 Å². The number of nitro groups is 1. The van der Waals surface area contributed by atoms with Gasteiger partial charge in [-0.05, 0) is 31.7 Å². The van der Waals surface area contributed by atoms with Crippen molar-refractivity contribution in [3.05, 3.63) is 38.9 Å². The zero-order valence-electron chi connectivity index (χ0n) is 15.5. The SMILES string of the molecule is CCC1CCCCN1C(=O)COC(=O)Cn1c(=O)oc2cc([N+](=O)[O-])ccc21. The summed E-state index contributed by atoms with van der Waals surface area (Å²) in [5.41, 5.74) is 0.0108. The molecule has 1 saturated heterocycles. The Bertz CT molecular complexity index is 962. The monoisotopic (exact) mass is 391 g/mol. The van der Waals surface area contributed by atoms with E-state index in [0.717, 1.165) is 36.3 Å². The number of non-ortho nitro benzene ring substituents is 1. The van der Waals surface area contributed by atoms with Gasteiger partial charge in [-0.15, -0.1) is 0 Å². The van der Waals surface area contributed by atoms with E-state index in [-0.39, 0.29) is 35.3 Å². The van der Waals surface area contributed by atoms with Crippen molar-refractivity contribution in [2.24, 2.45) is 0 Å². The van der Waals surface area contributed by atoms with E-state index >= 15 is 0 Å². The van der Waals surface area contributed by atoms with Gasteiger partial charge in [0.05, 0.1) is 16.5 Å². The first kappa shape index (κ1) is 19.6. The van der Waals surface area contributed by atoms with Crippen LogP contribution in [0.1, 0.15) is 32.6 Å². The van der Waals surface area contributed by atoms with Gasteiger partial charge in [0.2, 0.25) is 0 Å². The maximum atomic E-state index is 12.4. The van der Waals surface area contributed by atoms with Gasteiger partial charge in [0.1, 0.15) is 6.54 Å². The molecule has 1 atom stereocenters. The molecule has 1 fully saturated rings. The second-order valence-electron chi connectivity index (χ2n) is 6.67. The maximum Gasteiger partial charge on any atom is 0.420 e. The number of piperidine rings is 1. The predicted molar refractivity (Wildman–Crippen MR) is 97.7 cm³/mol. The number of nitrogens with zero attached hydrogens (tertiary/aromatic N) is 3. The minimum Gasteiger partial charge on any atom is -0.454 e. The fraction of sp³-hybridized carbons (Fsp3) is 0.500. The fourth-order valence-corrected chi connectivity index (χ4v) is 3.47. The average Bonchev–Trinajstić information content (AvgIpc) is 3.00. The largest absolute Gasteiger partial charge is 0.454 e. The highest BCUT2D eigenvalue weighted by molar-refractivity contribution is 5.82. The smallest absolute Gasteiger partial charge is 0.420 e. The molecule has 28 heavy (non-hydrogen) atoms. The third kappa shape index (κ3) is 4.05. The molecule has 10 nitrogen and oxygen atoms in total.